The van der Waals surface area contributed by atoms with E-state index in [1.165, 1.54) is 0 Å². The lowest BCUT2D eigenvalue weighted by Crippen LogP contribution is -2.35. The van der Waals surface area contributed by atoms with E-state index in [9.17, 15) is 4.79 Å². The minimum atomic E-state index is -0.0253. The summed E-state index contributed by atoms with van der Waals surface area (Å²) in [7, 11) is 1.64. The molecule has 2 fully saturated rings. The summed E-state index contributed by atoms with van der Waals surface area (Å²) in [6.07, 6.45) is 0. The molecule has 2 N–H and O–H groups in total. The molecule has 4 atom stereocenters. The number of piperidine rings is 1. The number of nitrogens with one attached hydrogen (secondary N) is 1. The molecule has 1 amide bonds. The molecule has 2 rings (SSSR count). The fourth-order valence-electron chi connectivity index (χ4n) is 2.27. The van der Waals surface area contributed by atoms with Crippen molar-refractivity contribution in [2.45, 2.75) is 6.04 Å². The molecule has 0 aromatic carbocycles. The highest BCUT2D eigenvalue weighted by atomic mass is 16.5. The van der Waals surface area contributed by atoms with Crippen molar-refractivity contribution in [1.82, 2.24) is 5.32 Å². The maximum absolute atomic E-state index is 11.2. The predicted octanol–water partition coefficient (Wildman–Crippen LogP) is -1.01. The molecule has 0 aromatic rings. The van der Waals surface area contributed by atoms with Crippen molar-refractivity contribution in [2.75, 3.05) is 20.3 Å². The molecule has 0 aromatic heterocycles. The average molecular weight is 171 g/mol. The van der Waals surface area contributed by atoms with Crippen LogP contribution < -0.4 is 5.32 Å². The first-order valence-corrected chi connectivity index (χ1v) is 4.19. The van der Waals surface area contributed by atoms with Gasteiger partial charge in [0.1, 0.15) is 0 Å². The van der Waals surface area contributed by atoms with Crippen molar-refractivity contribution in [3.8, 4) is 0 Å². The highest BCUT2D eigenvalue weighted by Gasteiger charge is 2.62. The minimum Gasteiger partial charge on any atom is -0.394 e. The van der Waals surface area contributed by atoms with Gasteiger partial charge < -0.3 is 15.2 Å². The van der Waals surface area contributed by atoms with Gasteiger partial charge in [-0.05, 0) is 11.8 Å². The molecule has 68 valence electrons. The molecule has 4 nitrogen and oxygen atoms in total. The van der Waals surface area contributed by atoms with Crippen LogP contribution in [0, 0.1) is 17.8 Å². The second-order valence-corrected chi connectivity index (χ2v) is 3.52. The summed E-state index contributed by atoms with van der Waals surface area (Å²) in [5.41, 5.74) is 0. The van der Waals surface area contributed by atoms with Gasteiger partial charge in [0.25, 0.3) is 0 Å². The summed E-state index contributed by atoms with van der Waals surface area (Å²) in [5, 5.41) is 11.7. The third kappa shape index (κ3) is 0.949. The quantitative estimate of drug-likeness (QED) is 0.571. The largest absolute Gasteiger partial charge is 0.394 e. The number of ether oxygens (including phenoxy) is 1. The van der Waals surface area contributed by atoms with Gasteiger partial charge in [-0.3, -0.25) is 4.79 Å². The summed E-state index contributed by atoms with van der Waals surface area (Å²) in [5.74, 6) is 0.867. The number of fused-ring (bicyclic) bond motifs is 1. The van der Waals surface area contributed by atoms with Gasteiger partial charge in [-0.25, -0.2) is 0 Å². The average Bonchev–Trinajstić information content (AvgIpc) is 2.64. The molecule has 0 bridgehead atoms. The van der Waals surface area contributed by atoms with Gasteiger partial charge in [-0.15, -0.1) is 0 Å². The molecule has 1 heterocycles. The summed E-state index contributed by atoms with van der Waals surface area (Å²) >= 11 is 0. The van der Waals surface area contributed by atoms with Crippen LogP contribution in [0.3, 0.4) is 0 Å². The number of amides is 1. The smallest absolute Gasteiger partial charge is 0.224 e. The van der Waals surface area contributed by atoms with Gasteiger partial charge in [0.05, 0.1) is 19.3 Å². The first kappa shape index (κ1) is 8.01. The number of carbonyl (C=O) groups excluding carboxylic acids is 1. The lowest BCUT2D eigenvalue weighted by atomic mass is 10.2. The SMILES string of the molecule is COC[C@@H]1[C@H]2C(=O)N[C@H](CO)[C@@H]12. The Kier molecular flexibility index (Phi) is 1.81. The van der Waals surface area contributed by atoms with Crippen molar-refractivity contribution in [2.24, 2.45) is 17.8 Å². The maximum Gasteiger partial charge on any atom is 0.224 e. The third-order valence-electron chi connectivity index (χ3n) is 2.88. The zero-order valence-electron chi connectivity index (χ0n) is 6.99. The molecule has 0 unspecified atom stereocenters. The van der Waals surface area contributed by atoms with Crippen molar-refractivity contribution in [1.29, 1.82) is 0 Å². The fraction of sp³-hybridized carbons (Fsp3) is 0.875. The Labute approximate surface area is 70.9 Å². The van der Waals surface area contributed by atoms with Crippen LogP contribution in [0.15, 0.2) is 0 Å². The van der Waals surface area contributed by atoms with E-state index >= 15 is 0 Å². The van der Waals surface area contributed by atoms with Crippen LogP contribution in [0.4, 0.5) is 0 Å². The van der Waals surface area contributed by atoms with E-state index < -0.39 is 0 Å². The molecule has 2 aliphatic rings. The van der Waals surface area contributed by atoms with Crippen LogP contribution in [-0.4, -0.2) is 37.4 Å². The topological polar surface area (TPSA) is 58.6 Å². The van der Waals surface area contributed by atoms with Crippen molar-refractivity contribution in [3.05, 3.63) is 0 Å². The number of hydrogen-bond donors (Lipinski definition) is 2. The second kappa shape index (κ2) is 2.71. The molecule has 0 spiro atoms. The summed E-state index contributed by atoms with van der Waals surface area (Å²) in [4.78, 5) is 11.2. The van der Waals surface area contributed by atoms with E-state index in [4.69, 9.17) is 9.84 Å². The maximum atomic E-state index is 11.2. The molecule has 1 aliphatic carbocycles. The van der Waals surface area contributed by atoms with Gasteiger partial charge in [-0.2, -0.15) is 0 Å². The Morgan fingerprint density at radius 1 is 1.67 bits per heavy atom. The highest BCUT2D eigenvalue weighted by Crippen LogP contribution is 2.52. The van der Waals surface area contributed by atoms with Gasteiger partial charge in [0, 0.05) is 13.0 Å². The monoisotopic (exact) mass is 171 g/mol. The first-order valence-electron chi connectivity index (χ1n) is 4.19. The zero-order valence-corrected chi connectivity index (χ0v) is 6.99. The molecule has 12 heavy (non-hydrogen) atoms. The summed E-state index contributed by atoms with van der Waals surface area (Å²) in [6, 6.07) is -0.0253. The van der Waals surface area contributed by atoms with Crippen LogP contribution in [0.2, 0.25) is 0 Å². The first-order chi connectivity index (χ1) is 5.79. The minimum absolute atomic E-state index is 0.0253. The van der Waals surface area contributed by atoms with E-state index in [1.54, 1.807) is 7.11 Å². The van der Waals surface area contributed by atoms with Crippen LogP contribution in [0.1, 0.15) is 0 Å². The lowest BCUT2D eigenvalue weighted by molar-refractivity contribution is -0.122. The van der Waals surface area contributed by atoms with Crippen LogP contribution in [0.25, 0.3) is 0 Å². The van der Waals surface area contributed by atoms with Crippen molar-refractivity contribution >= 4 is 5.91 Å². The van der Waals surface area contributed by atoms with Gasteiger partial charge in [0.2, 0.25) is 5.91 Å². The number of rotatable bonds is 3. The highest BCUT2D eigenvalue weighted by molar-refractivity contribution is 5.85. The zero-order chi connectivity index (χ0) is 8.72. The van der Waals surface area contributed by atoms with E-state index in [1.807, 2.05) is 0 Å². The number of methoxy groups -OCH3 is 1. The summed E-state index contributed by atoms with van der Waals surface area (Å²) < 4.78 is 4.98. The molecular weight excluding hydrogens is 158 g/mol. The normalized spacial score (nSPS) is 44.0. The standard InChI is InChI=1S/C8H13NO3/c1-12-3-4-6-5(2-10)9-8(11)7(4)6/h4-7,10H,2-3H2,1H3,(H,9,11)/t4-,5+,6+,7+/m0/s1. The molecule has 1 aliphatic heterocycles. The molecular formula is C8H13NO3. The van der Waals surface area contributed by atoms with Gasteiger partial charge >= 0.3 is 0 Å². The number of aliphatic hydroxyl groups excluding tert-OH is 1. The molecule has 0 radical (unpaired) electrons. The number of carbonyl (C=O) groups is 1. The number of aliphatic hydroxyl groups is 1. The Balaban J connectivity index is 1.98. The fourth-order valence-corrected chi connectivity index (χ4v) is 2.27. The van der Waals surface area contributed by atoms with E-state index in [-0.39, 0.29) is 24.5 Å². The predicted molar refractivity (Wildman–Crippen MR) is 41.4 cm³/mol. The Morgan fingerprint density at radius 2 is 2.42 bits per heavy atom. The Hall–Kier alpha value is -0.610. The van der Waals surface area contributed by atoms with E-state index in [2.05, 4.69) is 5.32 Å². The van der Waals surface area contributed by atoms with E-state index in [0.29, 0.717) is 18.4 Å². The third-order valence-corrected chi connectivity index (χ3v) is 2.88. The van der Waals surface area contributed by atoms with Crippen LogP contribution >= 0.6 is 0 Å². The Bertz CT molecular complexity index is 206. The van der Waals surface area contributed by atoms with Crippen molar-refractivity contribution in [3.63, 3.8) is 0 Å². The van der Waals surface area contributed by atoms with Gasteiger partial charge in [-0.1, -0.05) is 0 Å². The molecule has 1 saturated heterocycles. The van der Waals surface area contributed by atoms with Crippen LogP contribution in [0.5, 0.6) is 0 Å². The van der Waals surface area contributed by atoms with E-state index in [0.717, 1.165) is 0 Å². The van der Waals surface area contributed by atoms with Crippen molar-refractivity contribution < 1.29 is 14.6 Å². The molecule has 1 saturated carbocycles. The van der Waals surface area contributed by atoms with Gasteiger partial charge in [0.15, 0.2) is 0 Å². The lowest BCUT2D eigenvalue weighted by Gasteiger charge is -2.11. The van der Waals surface area contributed by atoms with Crippen LogP contribution in [-0.2, 0) is 9.53 Å². The molecule has 4 heteroatoms. The number of hydrogen-bond acceptors (Lipinski definition) is 3. The summed E-state index contributed by atoms with van der Waals surface area (Å²) in [6.45, 7) is 0.687. The second-order valence-electron chi connectivity index (χ2n) is 3.52. The Morgan fingerprint density at radius 3 is 3.00 bits per heavy atom.